The third-order valence-electron chi connectivity index (χ3n) is 5.36. The van der Waals surface area contributed by atoms with E-state index < -0.39 is 0 Å². The molecule has 138 valence electrons. The average Bonchev–Trinajstić information content (AvgIpc) is 3.47. The van der Waals surface area contributed by atoms with E-state index in [9.17, 15) is 4.39 Å². The first-order chi connectivity index (χ1) is 12.1. The number of hydrogen-bond donors (Lipinski definition) is 1. The molecule has 1 atom stereocenters. The summed E-state index contributed by atoms with van der Waals surface area (Å²) in [6, 6.07) is 8.27. The molecule has 1 aromatic rings. The predicted octanol–water partition coefficient (Wildman–Crippen LogP) is 2.01. The van der Waals surface area contributed by atoms with E-state index in [-0.39, 0.29) is 5.82 Å². The van der Waals surface area contributed by atoms with Crippen LogP contribution in [0.4, 0.5) is 10.1 Å². The lowest BCUT2D eigenvalue weighted by Gasteiger charge is -2.38. The summed E-state index contributed by atoms with van der Waals surface area (Å²) in [5.74, 6) is 0.805. The molecule has 1 aromatic carbocycles. The van der Waals surface area contributed by atoms with Crippen molar-refractivity contribution in [2.24, 2.45) is 4.99 Å². The summed E-state index contributed by atoms with van der Waals surface area (Å²) in [5, 5.41) is 3.51. The van der Waals surface area contributed by atoms with Crippen molar-refractivity contribution in [2.75, 3.05) is 51.7 Å². The van der Waals surface area contributed by atoms with Crippen LogP contribution in [0.2, 0.25) is 0 Å². The van der Waals surface area contributed by atoms with Crippen LogP contribution >= 0.6 is 0 Å². The first kappa shape index (κ1) is 18.0. The Morgan fingerprint density at radius 2 is 1.96 bits per heavy atom. The zero-order valence-electron chi connectivity index (χ0n) is 15.6. The van der Waals surface area contributed by atoms with E-state index in [1.807, 2.05) is 19.2 Å². The quantitative estimate of drug-likeness (QED) is 0.653. The van der Waals surface area contributed by atoms with Crippen LogP contribution in [0.25, 0.3) is 0 Å². The Bertz CT molecular complexity index is 593. The van der Waals surface area contributed by atoms with Crippen molar-refractivity contribution in [3.8, 4) is 0 Å². The number of benzene rings is 1. The standard InChI is InChI=1S/C19H30FN5/c1-15(23(3)16-8-9-16)14-22-19(21-2)25-12-10-24(11-13-25)18-7-5-4-6-17(18)20/h4-7,15-16H,8-14H2,1-3H3,(H,21,22). The number of aliphatic imine (C=N–C) groups is 1. The van der Waals surface area contributed by atoms with Crippen LogP contribution in [0.15, 0.2) is 29.3 Å². The lowest BCUT2D eigenvalue weighted by Crippen LogP contribution is -2.54. The third-order valence-corrected chi connectivity index (χ3v) is 5.36. The number of hydrogen-bond acceptors (Lipinski definition) is 3. The zero-order valence-corrected chi connectivity index (χ0v) is 15.6. The lowest BCUT2D eigenvalue weighted by molar-refractivity contribution is 0.245. The summed E-state index contributed by atoms with van der Waals surface area (Å²) < 4.78 is 14.0. The number of halogens is 1. The first-order valence-electron chi connectivity index (χ1n) is 9.27. The van der Waals surface area contributed by atoms with E-state index in [0.29, 0.717) is 11.7 Å². The van der Waals surface area contributed by atoms with Crippen molar-refractivity contribution in [1.82, 2.24) is 15.1 Å². The monoisotopic (exact) mass is 347 g/mol. The van der Waals surface area contributed by atoms with Crippen molar-refractivity contribution in [2.45, 2.75) is 31.8 Å². The normalized spacial score (nSPS) is 20.1. The van der Waals surface area contributed by atoms with Crippen LogP contribution in [0, 0.1) is 5.82 Å². The van der Waals surface area contributed by atoms with Gasteiger partial charge >= 0.3 is 0 Å². The maximum Gasteiger partial charge on any atom is 0.193 e. The van der Waals surface area contributed by atoms with Gasteiger partial charge in [0.1, 0.15) is 5.82 Å². The smallest absolute Gasteiger partial charge is 0.193 e. The number of para-hydroxylation sites is 1. The summed E-state index contributed by atoms with van der Waals surface area (Å²) in [5.41, 5.74) is 0.699. The Hall–Kier alpha value is -1.82. The third kappa shape index (κ3) is 4.42. The van der Waals surface area contributed by atoms with Crippen LogP contribution in [0.1, 0.15) is 19.8 Å². The molecule has 0 spiro atoms. The van der Waals surface area contributed by atoms with Gasteiger partial charge in [-0.1, -0.05) is 12.1 Å². The van der Waals surface area contributed by atoms with Gasteiger partial charge in [0, 0.05) is 51.9 Å². The van der Waals surface area contributed by atoms with Crippen molar-refractivity contribution >= 4 is 11.6 Å². The maximum atomic E-state index is 14.0. The van der Waals surface area contributed by atoms with E-state index in [1.54, 1.807) is 6.07 Å². The first-order valence-corrected chi connectivity index (χ1v) is 9.27. The molecule has 0 aromatic heterocycles. The second-order valence-electron chi connectivity index (χ2n) is 7.10. The van der Waals surface area contributed by atoms with Crippen LogP contribution in [0.5, 0.6) is 0 Å². The minimum Gasteiger partial charge on any atom is -0.366 e. The Kier molecular flexibility index (Phi) is 5.78. The molecule has 6 heteroatoms. The van der Waals surface area contributed by atoms with E-state index in [4.69, 9.17) is 0 Å². The number of piperazine rings is 1. The molecule has 1 heterocycles. The Morgan fingerprint density at radius 1 is 1.28 bits per heavy atom. The average molecular weight is 347 g/mol. The summed E-state index contributed by atoms with van der Waals surface area (Å²) >= 11 is 0. The molecule has 0 radical (unpaired) electrons. The van der Waals surface area contributed by atoms with Gasteiger partial charge in [0.15, 0.2) is 5.96 Å². The van der Waals surface area contributed by atoms with Crippen molar-refractivity contribution in [1.29, 1.82) is 0 Å². The molecule has 2 fully saturated rings. The fourth-order valence-corrected chi connectivity index (χ4v) is 3.42. The molecule has 0 bridgehead atoms. The van der Waals surface area contributed by atoms with Gasteiger partial charge in [0.05, 0.1) is 5.69 Å². The number of nitrogens with zero attached hydrogens (tertiary/aromatic N) is 4. The van der Waals surface area contributed by atoms with Crippen LogP contribution < -0.4 is 10.2 Å². The Labute approximate surface area is 150 Å². The SMILES string of the molecule is CN=C(NCC(C)N(C)C1CC1)N1CCN(c2ccccc2F)CC1. The Balaban J connectivity index is 1.49. The minimum atomic E-state index is -0.143. The molecular weight excluding hydrogens is 317 g/mol. The molecule has 1 aliphatic carbocycles. The van der Waals surface area contributed by atoms with E-state index in [0.717, 1.165) is 44.7 Å². The second kappa shape index (κ2) is 8.04. The molecule has 25 heavy (non-hydrogen) atoms. The second-order valence-corrected chi connectivity index (χ2v) is 7.10. The molecule has 1 N–H and O–H groups in total. The molecule has 5 nitrogen and oxygen atoms in total. The fraction of sp³-hybridized carbons (Fsp3) is 0.632. The summed E-state index contributed by atoms with van der Waals surface area (Å²) in [7, 11) is 4.04. The maximum absolute atomic E-state index is 14.0. The highest BCUT2D eigenvalue weighted by Gasteiger charge is 2.29. The highest BCUT2D eigenvalue weighted by molar-refractivity contribution is 5.80. The van der Waals surface area contributed by atoms with Gasteiger partial charge < -0.3 is 15.1 Å². The van der Waals surface area contributed by atoms with Crippen molar-refractivity contribution in [3.05, 3.63) is 30.1 Å². The van der Waals surface area contributed by atoms with Crippen LogP contribution in [0.3, 0.4) is 0 Å². The van der Waals surface area contributed by atoms with E-state index in [1.165, 1.54) is 18.9 Å². The number of anilines is 1. The number of rotatable bonds is 5. The topological polar surface area (TPSA) is 34.1 Å². The van der Waals surface area contributed by atoms with Gasteiger partial charge in [0.2, 0.25) is 0 Å². The predicted molar refractivity (Wildman–Crippen MR) is 102 cm³/mol. The zero-order chi connectivity index (χ0) is 17.8. The van der Waals surface area contributed by atoms with Gasteiger partial charge in [-0.3, -0.25) is 9.89 Å². The largest absolute Gasteiger partial charge is 0.366 e. The summed E-state index contributed by atoms with van der Waals surface area (Å²) in [6.45, 7) is 6.46. The number of likely N-dealkylation sites (N-methyl/N-ethyl adjacent to an activating group) is 1. The minimum absolute atomic E-state index is 0.143. The highest BCUT2D eigenvalue weighted by atomic mass is 19.1. The molecule has 3 rings (SSSR count). The molecule has 1 saturated carbocycles. The molecule has 1 aliphatic heterocycles. The molecule has 0 amide bonds. The van der Waals surface area contributed by atoms with Gasteiger partial charge in [-0.25, -0.2) is 4.39 Å². The summed E-state index contributed by atoms with van der Waals surface area (Å²) in [6.07, 6.45) is 2.65. The lowest BCUT2D eigenvalue weighted by atomic mass is 10.2. The fourth-order valence-electron chi connectivity index (χ4n) is 3.42. The number of guanidine groups is 1. The molecule has 1 saturated heterocycles. The van der Waals surface area contributed by atoms with Gasteiger partial charge in [0.25, 0.3) is 0 Å². The van der Waals surface area contributed by atoms with Crippen LogP contribution in [-0.2, 0) is 0 Å². The van der Waals surface area contributed by atoms with E-state index >= 15 is 0 Å². The molecule has 1 unspecified atom stereocenters. The van der Waals surface area contributed by atoms with Crippen molar-refractivity contribution < 1.29 is 4.39 Å². The number of nitrogens with one attached hydrogen (secondary N) is 1. The molecular formula is C19H30FN5. The Morgan fingerprint density at radius 3 is 2.56 bits per heavy atom. The van der Waals surface area contributed by atoms with Crippen LogP contribution in [-0.4, -0.2) is 74.7 Å². The molecule has 2 aliphatic rings. The summed E-state index contributed by atoms with van der Waals surface area (Å²) in [4.78, 5) is 11.3. The van der Waals surface area contributed by atoms with Gasteiger partial charge in [-0.2, -0.15) is 0 Å². The van der Waals surface area contributed by atoms with Crippen molar-refractivity contribution in [3.63, 3.8) is 0 Å². The highest BCUT2D eigenvalue weighted by Crippen LogP contribution is 2.26. The van der Waals surface area contributed by atoms with E-state index in [2.05, 4.69) is 39.0 Å². The van der Waals surface area contributed by atoms with Gasteiger partial charge in [-0.15, -0.1) is 0 Å². The van der Waals surface area contributed by atoms with Gasteiger partial charge in [-0.05, 0) is 38.9 Å².